The number of carbonyl (C=O) groups excluding carboxylic acids is 1. The molecule has 2 amide bonds. The van der Waals surface area contributed by atoms with E-state index in [0.717, 1.165) is 4.31 Å². The van der Waals surface area contributed by atoms with E-state index in [1.807, 2.05) is 0 Å². The zero-order chi connectivity index (χ0) is 19.1. The number of nitrogens with zero attached hydrogens (tertiary/aromatic N) is 2. The van der Waals surface area contributed by atoms with Crippen molar-refractivity contribution in [1.29, 1.82) is 0 Å². The molecule has 10 heteroatoms. The Morgan fingerprint density at radius 1 is 1.04 bits per heavy atom. The highest BCUT2D eigenvalue weighted by Gasteiger charge is 2.35. The van der Waals surface area contributed by atoms with Crippen molar-refractivity contribution in [2.45, 2.75) is 0 Å². The van der Waals surface area contributed by atoms with Gasteiger partial charge in [0.25, 0.3) is 0 Å². The van der Waals surface area contributed by atoms with Crippen molar-refractivity contribution in [3.63, 3.8) is 0 Å². The molecule has 2 aromatic rings. The van der Waals surface area contributed by atoms with Gasteiger partial charge in [-0.3, -0.25) is 8.61 Å². The maximum Gasteiger partial charge on any atom is 0.326 e. The molecule has 0 radical (unpaired) electrons. The Hall–Kier alpha value is -2.65. The van der Waals surface area contributed by atoms with E-state index >= 15 is 0 Å². The summed E-state index contributed by atoms with van der Waals surface area (Å²) in [4.78, 5) is 12.3. The zero-order valence-corrected chi connectivity index (χ0v) is 15.9. The van der Waals surface area contributed by atoms with E-state index in [9.17, 15) is 13.2 Å². The first kappa shape index (κ1) is 18.2. The molecule has 0 atom stereocenters. The van der Waals surface area contributed by atoms with Crippen LogP contribution in [0, 0.1) is 0 Å². The lowest BCUT2D eigenvalue weighted by molar-refractivity contribution is 0.262. The van der Waals surface area contributed by atoms with Gasteiger partial charge in [0, 0.05) is 24.8 Å². The number of halogens is 1. The number of fused-ring (bicyclic) bond motifs is 1. The van der Waals surface area contributed by atoms with Gasteiger partial charge in [0.1, 0.15) is 5.75 Å². The minimum Gasteiger partial charge on any atom is -0.495 e. The number of hydrogen-bond acceptors (Lipinski definition) is 4. The van der Waals surface area contributed by atoms with Crippen LogP contribution < -0.4 is 24.0 Å². The molecule has 8 nitrogen and oxygen atoms in total. The van der Waals surface area contributed by atoms with Crippen LogP contribution >= 0.6 is 11.6 Å². The maximum absolute atomic E-state index is 12.3. The maximum atomic E-state index is 12.3. The number of urea groups is 1. The molecule has 1 aliphatic heterocycles. The van der Waals surface area contributed by atoms with E-state index in [-0.39, 0.29) is 0 Å². The molecule has 3 rings (SSSR count). The number of rotatable bonds is 3. The lowest BCUT2D eigenvalue weighted by Gasteiger charge is -2.13. The molecule has 138 valence electrons. The molecule has 0 aromatic heterocycles. The highest BCUT2D eigenvalue weighted by atomic mass is 35.5. The number of amides is 2. The predicted octanol–water partition coefficient (Wildman–Crippen LogP) is 3.12. The lowest BCUT2D eigenvalue weighted by Crippen LogP contribution is -2.32. The summed E-state index contributed by atoms with van der Waals surface area (Å²) in [7, 11) is 0.854. The van der Waals surface area contributed by atoms with E-state index < -0.39 is 16.2 Å². The monoisotopic (exact) mass is 396 g/mol. The van der Waals surface area contributed by atoms with E-state index in [1.54, 1.807) is 36.4 Å². The van der Waals surface area contributed by atoms with Crippen LogP contribution in [0.25, 0.3) is 0 Å². The normalized spacial score (nSPS) is 14.8. The minimum atomic E-state index is -3.56. The summed E-state index contributed by atoms with van der Waals surface area (Å²) in [5.74, 6) is 0.464. The first-order chi connectivity index (χ1) is 12.2. The van der Waals surface area contributed by atoms with Crippen LogP contribution in [-0.2, 0) is 10.2 Å². The second-order valence-electron chi connectivity index (χ2n) is 5.57. The number of ether oxygens (including phenoxy) is 1. The van der Waals surface area contributed by atoms with Crippen molar-refractivity contribution < 1.29 is 17.9 Å². The number of carbonyl (C=O) groups is 1. The van der Waals surface area contributed by atoms with E-state index in [1.165, 1.54) is 25.5 Å². The Kier molecular flexibility index (Phi) is 4.59. The van der Waals surface area contributed by atoms with Crippen LogP contribution in [0.5, 0.6) is 5.75 Å². The van der Waals surface area contributed by atoms with Gasteiger partial charge in [-0.1, -0.05) is 11.6 Å². The number of methoxy groups -OCH3 is 1. The number of hydrogen-bond donors (Lipinski definition) is 2. The summed E-state index contributed by atoms with van der Waals surface area (Å²) >= 11 is 5.94. The van der Waals surface area contributed by atoms with Gasteiger partial charge in [-0.15, -0.1) is 0 Å². The first-order valence-corrected chi connectivity index (χ1v) is 9.30. The predicted molar refractivity (Wildman–Crippen MR) is 103 cm³/mol. The number of anilines is 4. The number of nitrogens with one attached hydrogen (secondary N) is 2. The molecule has 0 unspecified atom stereocenters. The van der Waals surface area contributed by atoms with Crippen molar-refractivity contribution in [2.24, 2.45) is 0 Å². The van der Waals surface area contributed by atoms with Crippen molar-refractivity contribution in [2.75, 3.05) is 40.4 Å². The van der Waals surface area contributed by atoms with Crippen molar-refractivity contribution in [3.05, 3.63) is 41.4 Å². The van der Waals surface area contributed by atoms with Gasteiger partial charge in [-0.25, -0.2) is 4.79 Å². The third-order valence-corrected chi connectivity index (χ3v) is 6.03. The van der Waals surface area contributed by atoms with E-state index in [2.05, 4.69) is 10.6 Å². The highest BCUT2D eigenvalue weighted by molar-refractivity contribution is 7.94. The van der Waals surface area contributed by atoms with Crippen LogP contribution in [0.3, 0.4) is 0 Å². The second-order valence-corrected chi connectivity index (χ2v) is 8.00. The molecular weight excluding hydrogens is 380 g/mol. The molecule has 0 bridgehead atoms. The van der Waals surface area contributed by atoms with Crippen molar-refractivity contribution in [3.8, 4) is 5.75 Å². The standard InChI is InChI=1S/C16H17ClN4O4S/c1-20-13-6-5-11(9-14(13)21(2)26(20,23)24)18-16(22)19-12-8-10(17)4-7-15(12)25-3/h4-9H,1-3H3,(H2,18,19,22). The Morgan fingerprint density at radius 3 is 2.42 bits per heavy atom. The highest BCUT2D eigenvalue weighted by Crippen LogP contribution is 2.40. The molecule has 0 fully saturated rings. The van der Waals surface area contributed by atoms with Crippen LogP contribution in [-0.4, -0.2) is 35.7 Å². The molecule has 0 saturated heterocycles. The van der Waals surface area contributed by atoms with Gasteiger partial charge < -0.3 is 15.4 Å². The molecular formula is C16H17ClN4O4S. The van der Waals surface area contributed by atoms with Crippen molar-refractivity contribution in [1.82, 2.24) is 0 Å². The SMILES string of the molecule is COc1ccc(Cl)cc1NC(=O)Nc1ccc2c(c1)N(C)S(=O)(=O)N2C. The Morgan fingerprint density at radius 2 is 1.73 bits per heavy atom. The second kappa shape index (κ2) is 6.58. The summed E-state index contributed by atoms with van der Waals surface area (Å²) in [5.41, 5.74) is 1.87. The topological polar surface area (TPSA) is 91.0 Å². The fraction of sp³-hybridized carbons (Fsp3) is 0.188. The first-order valence-electron chi connectivity index (χ1n) is 7.52. The fourth-order valence-electron chi connectivity index (χ4n) is 2.61. The largest absolute Gasteiger partial charge is 0.495 e. The average molecular weight is 397 g/mol. The van der Waals surface area contributed by atoms with E-state index in [0.29, 0.717) is 33.5 Å². The smallest absolute Gasteiger partial charge is 0.326 e. The summed E-state index contributed by atoms with van der Waals surface area (Å²) in [5, 5.41) is 5.77. The van der Waals surface area contributed by atoms with Gasteiger partial charge in [0.2, 0.25) is 0 Å². The summed E-state index contributed by atoms with van der Waals surface area (Å²) in [6.45, 7) is 0. The van der Waals surface area contributed by atoms with Crippen LogP contribution in [0.1, 0.15) is 0 Å². The average Bonchev–Trinajstić information content (AvgIpc) is 2.76. The van der Waals surface area contributed by atoms with Crippen molar-refractivity contribution >= 4 is 50.6 Å². The Bertz CT molecular complexity index is 980. The molecule has 2 aromatic carbocycles. The van der Waals surface area contributed by atoms with E-state index in [4.69, 9.17) is 16.3 Å². The lowest BCUT2D eigenvalue weighted by atomic mass is 10.2. The van der Waals surface area contributed by atoms with Crippen LogP contribution in [0.2, 0.25) is 5.02 Å². The van der Waals surface area contributed by atoms with Gasteiger partial charge in [-0.05, 0) is 36.4 Å². The summed E-state index contributed by atoms with van der Waals surface area (Å²) in [6.07, 6.45) is 0. The molecule has 0 aliphatic carbocycles. The quantitative estimate of drug-likeness (QED) is 0.833. The van der Waals surface area contributed by atoms with Gasteiger partial charge in [-0.2, -0.15) is 8.42 Å². The number of benzene rings is 2. The molecule has 1 aliphatic rings. The molecule has 0 spiro atoms. The van der Waals surface area contributed by atoms with Gasteiger partial charge in [0.15, 0.2) is 0 Å². The van der Waals surface area contributed by atoms with Gasteiger partial charge >= 0.3 is 16.2 Å². The molecule has 2 N–H and O–H groups in total. The van der Waals surface area contributed by atoms with Crippen LogP contribution in [0.15, 0.2) is 36.4 Å². The van der Waals surface area contributed by atoms with Gasteiger partial charge in [0.05, 0.1) is 24.2 Å². The molecule has 0 saturated carbocycles. The Balaban J connectivity index is 1.80. The molecule has 26 heavy (non-hydrogen) atoms. The minimum absolute atomic E-state index is 0.415. The summed E-state index contributed by atoms with van der Waals surface area (Å²) in [6, 6.07) is 9.19. The third-order valence-electron chi connectivity index (χ3n) is 4.01. The third kappa shape index (κ3) is 3.11. The summed E-state index contributed by atoms with van der Waals surface area (Å²) < 4.78 is 31.8. The van der Waals surface area contributed by atoms with Crippen LogP contribution in [0.4, 0.5) is 27.5 Å². The fourth-order valence-corrected chi connectivity index (χ4v) is 3.95. The Labute approximate surface area is 156 Å². The molecule has 1 heterocycles. The zero-order valence-electron chi connectivity index (χ0n) is 14.3.